The van der Waals surface area contributed by atoms with Crippen molar-refractivity contribution in [2.45, 2.75) is 58.2 Å². The summed E-state index contributed by atoms with van der Waals surface area (Å²) in [5.41, 5.74) is 2.83. The summed E-state index contributed by atoms with van der Waals surface area (Å²) < 4.78 is 14.9. The van der Waals surface area contributed by atoms with Gasteiger partial charge in [-0.2, -0.15) is 5.10 Å². The van der Waals surface area contributed by atoms with Gasteiger partial charge < -0.3 is 5.32 Å². The first-order chi connectivity index (χ1) is 12.4. The summed E-state index contributed by atoms with van der Waals surface area (Å²) in [7, 11) is 0. The molecular formula is C20H25FN4O. The highest BCUT2D eigenvalue weighted by Crippen LogP contribution is 2.33. The molecule has 2 aromatic rings. The van der Waals surface area contributed by atoms with Gasteiger partial charge in [0.1, 0.15) is 5.82 Å². The van der Waals surface area contributed by atoms with Crippen LogP contribution < -0.4 is 5.32 Å². The average molecular weight is 356 g/mol. The fourth-order valence-corrected chi connectivity index (χ4v) is 4.14. The zero-order valence-corrected chi connectivity index (χ0v) is 15.5. The maximum atomic E-state index is 13.2. The molecule has 1 aliphatic carbocycles. The number of halogens is 1. The van der Waals surface area contributed by atoms with Crippen LogP contribution in [0.25, 0.3) is 5.69 Å². The summed E-state index contributed by atoms with van der Waals surface area (Å²) in [6, 6.07) is 7.57. The number of hydrogen-bond acceptors (Lipinski definition) is 3. The molecule has 1 N–H and O–H groups in total. The van der Waals surface area contributed by atoms with Gasteiger partial charge in [-0.1, -0.05) is 0 Å². The van der Waals surface area contributed by atoms with Crippen molar-refractivity contribution in [3.63, 3.8) is 0 Å². The zero-order chi connectivity index (χ0) is 18.4. The van der Waals surface area contributed by atoms with Gasteiger partial charge in [0.05, 0.1) is 22.6 Å². The number of carbonyl (C=O) groups is 1. The van der Waals surface area contributed by atoms with Crippen molar-refractivity contribution < 1.29 is 9.18 Å². The van der Waals surface area contributed by atoms with Crippen LogP contribution in [0.1, 0.15) is 47.9 Å². The predicted octanol–water partition coefficient (Wildman–Crippen LogP) is 2.98. The van der Waals surface area contributed by atoms with E-state index in [9.17, 15) is 9.18 Å². The Kier molecular flexibility index (Phi) is 4.31. The zero-order valence-electron chi connectivity index (χ0n) is 15.5. The van der Waals surface area contributed by atoms with E-state index < -0.39 is 0 Å². The van der Waals surface area contributed by atoms with E-state index in [1.165, 1.54) is 25.0 Å². The minimum atomic E-state index is -0.288. The van der Waals surface area contributed by atoms with E-state index in [0.717, 1.165) is 30.4 Å². The summed E-state index contributed by atoms with van der Waals surface area (Å²) >= 11 is 0. The third kappa shape index (κ3) is 3.14. The lowest BCUT2D eigenvalue weighted by molar-refractivity contribution is 0.0936. The van der Waals surface area contributed by atoms with E-state index in [2.05, 4.69) is 22.2 Å². The molecule has 0 spiro atoms. The fourth-order valence-electron chi connectivity index (χ4n) is 4.14. The smallest absolute Gasteiger partial charge is 0.255 e. The summed E-state index contributed by atoms with van der Waals surface area (Å²) in [6.45, 7) is 6.90. The quantitative estimate of drug-likeness (QED) is 0.916. The molecular weight excluding hydrogens is 331 g/mol. The molecule has 1 saturated heterocycles. The van der Waals surface area contributed by atoms with Crippen LogP contribution in [-0.2, 0) is 0 Å². The molecule has 1 amide bonds. The Morgan fingerprint density at radius 1 is 1.23 bits per heavy atom. The Balaban J connectivity index is 1.52. The van der Waals surface area contributed by atoms with Crippen LogP contribution in [0.3, 0.4) is 0 Å². The maximum absolute atomic E-state index is 13.2. The second kappa shape index (κ2) is 6.50. The monoisotopic (exact) mass is 356 g/mol. The lowest BCUT2D eigenvalue weighted by Gasteiger charge is -2.19. The molecule has 0 radical (unpaired) electrons. The molecule has 2 fully saturated rings. The van der Waals surface area contributed by atoms with Gasteiger partial charge in [-0.15, -0.1) is 0 Å². The Bertz CT molecular complexity index is 825. The van der Waals surface area contributed by atoms with Crippen molar-refractivity contribution in [2.75, 3.05) is 6.54 Å². The Morgan fingerprint density at radius 2 is 1.92 bits per heavy atom. The SMILES string of the molecule is Cc1nn(-c2ccc(F)cc2)c(C)c1C(=O)NC1CC(C)N(C2CC2)C1. The van der Waals surface area contributed by atoms with Gasteiger partial charge in [-0.05, 0) is 64.3 Å². The van der Waals surface area contributed by atoms with Gasteiger partial charge in [0.25, 0.3) is 5.91 Å². The first-order valence-corrected chi connectivity index (χ1v) is 9.33. The maximum Gasteiger partial charge on any atom is 0.255 e. The number of likely N-dealkylation sites (tertiary alicyclic amines) is 1. The van der Waals surface area contributed by atoms with Crippen molar-refractivity contribution in [1.29, 1.82) is 0 Å². The van der Waals surface area contributed by atoms with E-state index in [1.807, 2.05) is 13.8 Å². The van der Waals surface area contributed by atoms with Crippen molar-refractivity contribution in [2.24, 2.45) is 0 Å². The molecule has 0 bridgehead atoms. The van der Waals surface area contributed by atoms with Crippen LogP contribution >= 0.6 is 0 Å². The van der Waals surface area contributed by atoms with Crippen LogP contribution in [0.4, 0.5) is 4.39 Å². The number of benzene rings is 1. The van der Waals surface area contributed by atoms with Crippen molar-refractivity contribution in [3.05, 3.63) is 47.0 Å². The van der Waals surface area contributed by atoms with Gasteiger partial charge >= 0.3 is 0 Å². The van der Waals surface area contributed by atoms with E-state index in [4.69, 9.17) is 0 Å². The molecule has 2 heterocycles. The van der Waals surface area contributed by atoms with E-state index >= 15 is 0 Å². The third-order valence-electron chi connectivity index (χ3n) is 5.56. The van der Waals surface area contributed by atoms with E-state index in [-0.39, 0.29) is 17.8 Å². The first kappa shape index (κ1) is 17.2. The first-order valence-electron chi connectivity index (χ1n) is 9.33. The van der Waals surface area contributed by atoms with Crippen LogP contribution in [0.5, 0.6) is 0 Å². The number of nitrogens with one attached hydrogen (secondary N) is 1. The molecule has 26 heavy (non-hydrogen) atoms. The highest BCUT2D eigenvalue weighted by atomic mass is 19.1. The number of hydrogen-bond donors (Lipinski definition) is 1. The second-order valence-electron chi connectivity index (χ2n) is 7.62. The molecule has 2 aliphatic rings. The van der Waals surface area contributed by atoms with Gasteiger partial charge in [-0.25, -0.2) is 9.07 Å². The number of rotatable bonds is 4. The Labute approximate surface area is 153 Å². The molecule has 4 rings (SSSR count). The molecule has 1 aromatic carbocycles. The molecule has 138 valence electrons. The van der Waals surface area contributed by atoms with Crippen LogP contribution in [0, 0.1) is 19.7 Å². The number of carbonyl (C=O) groups excluding carboxylic acids is 1. The molecule has 5 nitrogen and oxygen atoms in total. The van der Waals surface area contributed by atoms with E-state index in [0.29, 0.717) is 17.3 Å². The van der Waals surface area contributed by atoms with Crippen LogP contribution in [0.2, 0.25) is 0 Å². The molecule has 1 aliphatic heterocycles. The van der Waals surface area contributed by atoms with Gasteiger partial charge in [-0.3, -0.25) is 9.69 Å². The molecule has 2 atom stereocenters. The highest BCUT2D eigenvalue weighted by Gasteiger charge is 2.39. The number of aromatic nitrogens is 2. The second-order valence-corrected chi connectivity index (χ2v) is 7.62. The lowest BCUT2D eigenvalue weighted by atomic mass is 10.1. The molecule has 1 aromatic heterocycles. The normalized spacial score (nSPS) is 23.4. The van der Waals surface area contributed by atoms with E-state index in [1.54, 1.807) is 16.8 Å². The average Bonchev–Trinajstić information content (AvgIpc) is 3.30. The minimum absolute atomic E-state index is 0.0665. The number of amides is 1. The van der Waals surface area contributed by atoms with Gasteiger partial charge in [0.2, 0.25) is 0 Å². The summed E-state index contributed by atoms with van der Waals surface area (Å²) in [5.74, 6) is -0.355. The standard InChI is InChI=1S/C20H25FN4O/c1-12-10-16(11-24(12)17-8-9-17)22-20(26)19-13(2)23-25(14(19)3)18-6-4-15(21)5-7-18/h4-7,12,16-17H,8-11H2,1-3H3,(H,22,26). The topological polar surface area (TPSA) is 50.2 Å². The summed E-state index contributed by atoms with van der Waals surface area (Å²) in [5, 5.41) is 7.70. The molecule has 2 unspecified atom stereocenters. The van der Waals surface area contributed by atoms with Crippen LogP contribution in [-0.4, -0.2) is 45.3 Å². The minimum Gasteiger partial charge on any atom is -0.348 e. The summed E-state index contributed by atoms with van der Waals surface area (Å²) in [6.07, 6.45) is 3.56. The summed E-state index contributed by atoms with van der Waals surface area (Å²) in [4.78, 5) is 15.4. The Hall–Kier alpha value is -2.21. The Morgan fingerprint density at radius 3 is 2.58 bits per heavy atom. The number of aryl methyl sites for hydroxylation is 1. The van der Waals surface area contributed by atoms with Crippen LogP contribution in [0.15, 0.2) is 24.3 Å². The third-order valence-corrected chi connectivity index (χ3v) is 5.56. The van der Waals surface area contributed by atoms with Crippen molar-refractivity contribution in [1.82, 2.24) is 20.0 Å². The highest BCUT2D eigenvalue weighted by molar-refractivity contribution is 5.96. The van der Waals surface area contributed by atoms with Crippen molar-refractivity contribution in [3.8, 4) is 5.69 Å². The molecule has 1 saturated carbocycles. The van der Waals surface area contributed by atoms with Crippen molar-refractivity contribution >= 4 is 5.91 Å². The van der Waals surface area contributed by atoms with Gasteiger partial charge in [0, 0.05) is 24.7 Å². The lowest BCUT2D eigenvalue weighted by Crippen LogP contribution is -2.38. The predicted molar refractivity (Wildman–Crippen MR) is 98.1 cm³/mol. The number of nitrogens with zero attached hydrogens (tertiary/aromatic N) is 3. The molecule has 6 heteroatoms. The fraction of sp³-hybridized carbons (Fsp3) is 0.500. The largest absolute Gasteiger partial charge is 0.348 e. The van der Waals surface area contributed by atoms with Gasteiger partial charge in [0.15, 0.2) is 0 Å².